The Balaban J connectivity index is 3.09. The molecular formula is C15H23NO. The van der Waals surface area contributed by atoms with Gasteiger partial charge in [-0.05, 0) is 30.9 Å². The Morgan fingerprint density at radius 2 is 2.06 bits per heavy atom. The molecule has 0 aliphatic heterocycles. The average Bonchev–Trinajstić information content (AvgIpc) is 2.27. The molecule has 2 nitrogen and oxygen atoms in total. The maximum absolute atomic E-state index is 6.20. The van der Waals surface area contributed by atoms with Gasteiger partial charge in [0.1, 0.15) is 5.75 Å². The molecule has 0 aliphatic carbocycles. The summed E-state index contributed by atoms with van der Waals surface area (Å²) >= 11 is 0. The second kappa shape index (κ2) is 5.87. The minimum Gasteiger partial charge on any atom is -0.496 e. The monoisotopic (exact) mass is 233 g/mol. The van der Waals surface area contributed by atoms with Gasteiger partial charge in [0.25, 0.3) is 0 Å². The lowest BCUT2D eigenvalue weighted by Crippen LogP contribution is -2.12. The quantitative estimate of drug-likeness (QED) is 0.785. The van der Waals surface area contributed by atoms with Crippen molar-refractivity contribution >= 4 is 0 Å². The number of hydrogen-bond acceptors (Lipinski definition) is 2. The van der Waals surface area contributed by atoms with Crippen LogP contribution in [0.25, 0.3) is 0 Å². The summed E-state index contributed by atoms with van der Waals surface area (Å²) in [5.41, 5.74) is 9.65. The van der Waals surface area contributed by atoms with Gasteiger partial charge in [0.2, 0.25) is 0 Å². The van der Waals surface area contributed by atoms with E-state index in [1.807, 2.05) is 13.0 Å². The number of rotatable bonds is 5. The van der Waals surface area contributed by atoms with Gasteiger partial charge < -0.3 is 10.5 Å². The molecule has 0 bridgehead atoms. The third-order valence-corrected chi connectivity index (χ3v) is 2.89. The first-order chi connectivity index (χ1) is 7.95. The summed E-state index contributed by atoms with van der Waals surface area (Å²) in [6.45, 7) is 10.3. The van der Waals surface area contributed by atoms with Crippen LogP contribution in [0.15, 0.2) is 30.4 Å². The van der Waals surface area contributed by atoms with E-state index in [1.165, 1.54) is 5.56 Å². The van der Waals surface area contributed by atoms with Gasteiger partial charge in [-0.1, -0.05) is 31.6 Å². The largest absolute Gasteiger partial charge is 0.496 e. The van der Waals surface area contributed by atoms with Crippen LogP contribution in [0.4, 0.5) is 0 Å². The van der Waals surface area contributed by atoms with Crippen LogP contribution in [0.3, 0.4) is 0 Å². The van der Waals surface area contributed by atoms with Crippen LogP contribution in [-0.4, -0.2) is 7.11 Å². The Kier molecular flexibility index (Phi) is 4.76. The Morgan fingerprint density at radius 3 is 2.53 bits per heavy atom. The number of hydrogen-bond donors (Lipinski definition) is 1. The van der Waals surface area contributed by atoms with Gasteiger partial charge >= 0.3 is 0 Å². The number of methoxy groups -OCH3 is 1. The van der Waals surface area contributed by atoms with Crippen LogP contribution in [-0.2, 0) is 0 Å². The predicted octanol–water partition coefficient (Wildman–Crippen LogP) is 3.78. The molecule has 17 heavy (non-hydrogen) atoms. The topological polar surface area (TPSA) is 35.2 Å². The molecule has 0 fully saturated rings. The fraction of sp³-hybridized carbons (Fsp3) is 0.467. The van der Waals surface area contributed by atoms with Gasteiger partial charge in [-0.2, -0.15) is 0 Å². The third-order valence-electron chi connectivity index (χ3n) is 2.89. The molecule has 1 atom stereocenters. The van der Waals surface area contributed by atoms with Crippen molar-refractivity contribution in [3.8, 4) is 5.75 Å². The maximum atomic E-state index is 6.20. The lowest BCUT2D eigenvalue weighted by Gasteiger charge is -2.18. The molecule has 1 aromatic rings. The summed E-state index contributed by atoms with van der Waals surface area (Å²) < 4.78 is 5.37. The summed E-state index contributed by atoms with van der Waals surface area (Å²) in [6, 6.07) is 6.21. The maximum Gasteiger partial charge on any atom is 0.123 e. The van der Waals surface area contributed by atoms with E-state index < -0.39 is 0 Å². The first kappa shape index (κ1) is 13.8. The molecule has 0 radical (unpaired) electrons. The Labute approximate surface area is 104 Å². The standard InChI is InChI=1S/C15H23NO/c1-10(2)8-14(16)13-9-12(11(3)4)6-7-15(13)17-5/h6-7,9,11,14H,1,8,16H2,2-5H3/t14-/m0/s1. The molecule has 1 rings (SSSR count). The van der Waals surface area contributed by atoms with Crippen LogP contribution >= 0.6 is 0 Å². The van der Waals surface area contributed by atoms with Crippen LogP contribution in [0.1, 0.15) is 50.3 Å². The van der Waals surface area contributed by atoms with Crippen LogP contribution < -0.4 is 10.5 Å². The fourth-order valence-electron chi connectivity index (χ4n) is 1.89. The first-order valence-electron chi connectivity index (χ1n) is 6.03. The highest BCUT2D eigenvalue weighted by molar-refractivity contribution is 5.40. The second-order valence-electron chi connectivity index (χ2n) is 4.92. The smallest absolute Gasteiger partial charge is 0.123 e. The van der Waals surface area contributed by atoms with E-state index in [0.29, 0.717) is 5.92 Å². The fourth-order valence-corrected chi connectivity index (χ4v) is 1.89. The van der Waals surface area contributed by atoms with Gasteiger partial charge in [0.15, 0.2) is 0 Å². The van der Waals surface area contributed by atoms with E-state index in [-0.39, 0.29) is 6.04 Å². The van der Waals surface area contributed by atoms with Gasteiger partial charge in [-0.15, -0.1) is 6.58 Å². The molecule has 0 saturated carbocycles. The molecule has 1 aromatic carbocycles. The molecule has 0 unspecified atom stereocenters. The zero-order chi connectivity index (χ0) is 13.0. The Morgan fingerprint density at radius 1 is 1.41 bits per heavy atom. The normalized spacial score (nSPS) is 12.6. The van der Waals surface area contributed by atoms with Gasteiger partial charge in [0.05, 0.1) is 7.11 Å². The molecule has 2 N–H and O–H groups in total. The van der Waals surface area contributed by atoms with Crippen molar-refractivity contribution in [1.82, 2.24) is 0 Å². The summed E-state index contributed by atoms with van der Waals surface area (Å²) in [7, 11) is 1.68. The van der Waals surface area contributed by atoms with Gasteiger partial charge in [0, 0.05) is 11.6 Å². The summed E-state index contributed by atoms with van der Waals surface area (Å²) in [4.78, 5) is 0. The highest BCUT2D eigenvalue weighted by Gasteiger charge is 2.13. The van der Waals surface area contributed by atoms with Crippen molar-refractivity contribution in [2.24, 2.45) is 5.73 Å². The highest BCUT2D eigenvalue weighted by atomic mass is 16.5. The minimum atomic E-state index is -0.0406. The molecule has 94 valence electrons. The number of benzene rings is 1. The van der Waals surface area contributed by atoms with E-state index in [1.54, 1.807) is 7.11 Å². The summed E-state index contributed by atoms with van der Waals surface area (Å²) in [5.74, 6) is 1.36. The summed E-state index contributed by atoms with van der Waals surface area (Å²) in [6.07, 6.45) is 0.790. The van der Waals surface area contributed by atoms with E-state index in [0.717, 1.165) is 23.3 Å². The van der Waals surface area contributed by atoms with E-state index in [9.17, 15) is 0 Å². The zero-order valence-corrected chi connectivity index (χ0v) is 11.3. The van der Waals surface area contributed by atoms with Crippen molar-refractivity contribution in [3.63, 3.8) is 0 Å². The van der Waals surface area contributed by atoms with Crippen molar-refractivity contribution in [2.45, 2.75) is 39.2 Å². The molecule has 0 amide bonds. The molecule has 0 aliphatic rings. The first-order valence-corrected chi connectivity index (χ1v) is 6.03. The molecule has 0 heterocycles. The van der Waals surface area contributed by atoms with Crippen LogP contribution in [0.2, 0.25) is 0 Å². The van der Waals surface area contributed by atoms with Gasteiger partial charge in [-0.25, -0.2) is 0 Å². The van der Waals surface area contributed by atoms with Crippen LogP contribution in [0.5, 0.6) is 5.75 Å². The van der Waals surface area contributed by atoms with Crippen LogP contribution in [0, 0.1) is 0 Å². The second-order valence-corrected chi connectivity index (χ2v) is 4.92. The molecular weight excluding hydrogens is 210 g/mol. The minimum absolute atomic E-state index is 0.0406. The SMILES string of the molecule is C=C(C)C[C@H](N)c1cc(C(C)C)ccc1OC. The molecule has 0 saturated heterocycles. The lowest BCUT2D eigenvalue weighted by molar-refractivity contribution is 0.405. The highest BCUT2D eigenvalue weighted by Crippen LogP contribution is 2.30. The van der Waals surface area contributed by atoms with Crippen molar-refractivity contribution in [1.29, 1.82) is 0 Å². The van der Waals surface area contributed by atoms with Gasteiger partial charge in [-0.3, -0.25) is 0 Å². The van der Waals surface area contributed by atoms with Crippen molar-refractivity contribution < 1.29 is 4.74 Å². The molecule has 0 aromatic heterocycles. The Bertz CT molecular complexity index is 396. The number of ether oxygens (including phenoxy) is 1. The lowest BCUT2D eigenvalue weighted by atomic mass is 9.94. The third kappa shape index (κ3) is 3.60. The van der Waals surface area contributed by atoms with E-state index in [2.05, 4.69) is 32.6 Å². The Hall–Kier alpha value is -1.28. The predicted molar refractivity (Wildman–Crippen MR) is 73.4 cm³/mol. The van der Waals surface area contributed by atoms with E-state index in [4.69, 9.17) is 10.5 Å². The average molecular weight is 233 g/mol. The number of nitrogens with two attached hydrogens (primary N) is 1. The molecule has 0 spiro atoms. The van der Waals surface area contributed by atoms with E-state index >= 15 is 0 Å². The van der Waals surface area contributed by atoms with Crippen molar-refractivity contribution in [2.75, 3.05) is 7.11 Å². The zero-order valence-electron chi connectivity index (χ0n) is 11.3. The summed E-state index contributed by atoms with van der Waals surface area (Å²) in [5, 5.41) is 0. The van der Waals surface area contributed by atoms with Crippen molar-refractivity contribution in [3.05, 3.63) is 41.5 Å². The molecule has 2 heteroatoms.